The summed E-state index contributed by atoms with van der Waals surface area (Å²) in [6.45, 7) is 6.14. The molecule has 4 rings (SSSR count). The molecule has 1 aliphatic rings. The fourth-order valence-electron chi connectivity index (χ4n) is 4.74. The Bertz CT molecular complexity index is 1250. The Morgan fingerprint density at radius 2 is 1.91 bits per heavy atom. The lowest BCUT2D eigenvalue weighted by atomic mass is 9.99. The normalized spacial score (nSPS) is 20.1. The zero-order valence-electron chi connectivity index (χ0n) is 19.3. The summed E-state index contributed by atoms with van der Waals surface area (Å²) < 4.78 is 20.6. The van der Waals surface area contributed by atoms with Gasteiger partial charge < -0.3 is 14.2 Å². The summed E-state index contributed by atoms with van der Waals surface area (Å²) >= 11 is 0. The molecule has 2 aromatic heterocycles. The van der Waals surface area contributed by atoms with Crippen LogP contribution in [-0.4, -0.2) is 53.3 Å². The first-order valence-electron chi connectivity index (χ1n) is 11.0. The van der Waals surface area contributed by atoms with Crippen molar-refractivity contribution in [3.8, 4) is 6.07 Å². The quantitative estimate of drug-likeness (QED) is 0.596. The van der Waals surface area contributed by atoms with Crippen LogP contribution in [0.2, 0.25) is 0 Å². The first-order chi connectivity index (χ1) is 15.8. The highest BCUT2D eigenvalue weighted by atomic mass is 19.1. The predicted molar refractivity (Wildman–Crippen MR) is 126 cm³/mol. The zero-order chi connectivity index (χ0) is 23.7. The van der Waals surface area contributed by atoms with Crippen LogP contribution in [0.5, 0.6) is 0 Å². The van der Waals surface area contributed by atoms with Crippen LogP contribution in [0.25, 0.3) is 11.0 Å². The molecule has 33 heavy (non-hydrogen) atoms. The molecule has 0 N–H and O–H groups in total. The number of halogens is 1. The predicted octanol–water partition coefficient (Wildman–Crippen LogP) is 3.23. The third kappa shape index (κ3) is 4.34. The summed E-state index contributed by atoms with van der Waals surface area (Å²) in [5.74, 6) is -0.261. The number of nitriles is 1. The molecule has 1 saturated heterocycles. The van der Waals surface area contributed by atoms with E-state index in [9.17, 15) is 14.4 Å². The van der Waals surface area contributed by atoms with Gasteiger partial charge in [0.05, 0.1) is 23.9 Å². The van der Waals surface area contributed by atoms with Crippen molar-refractivity contribution in [1.29, 1.82) is 5.26 Å². The number of nitrogens with zero attached hydrogens (tertiary/aromatic N) is 5. The molecule has 3 atom stereocenters. The molecule has 172 valence electrons. The Balaban J connectivity index is 1.70. The van der Waals surface area contributed by atoms with Gasteiger partial charge in [0.25, 0.3) is 5.56 Å². The van der Waals surface area contributed by atoms with Gasteiger partial charge in [0, 0.05) is 45.4 Å². The zero-order valence-corrected chi connectivity index (χ0v) is 19.3. The summed E-state index contributed by atoms with van der Waals surface area (Å²) in [7, 11) is 3.38. The van der Waals surface area contributed by atoms with Gasteiger partial charge in [0.1, 0.15) is 23.1 Å². The largest absolute Gasteiger partial charge is 0.383 e. The molecule has 3 heterocycles. The topological polar surface area (TPSA) is 74.4 Å². The van der Waals surface area contributed by atoms with Crippen molar-refractivity contribution < 1.29 is 9.13 Å². The van der Waals surface area contributed by atoms with E-state index in [0.717, 1.165) is 17.8 Å². The van der Waals surface area contributed by atoms with Crippen LogP contribution in [0, 0.1) is 17.1 Å². The van der Waals surface area contributed by atoms with Crippen LogP contribution in [0.15, 0.2) is 47.3 Å². The smallest absolute Gasteiger partial charge is 0.252 e. The minimum absolute atomic E-state index is 0.0149. The number of anilines is 1. The third-order valence-electron chi connectivity index (χ3n) is 6.51. The number of hydrogen-bond acceptors (Lipinski definition) is 6. The summed E-state index contributed by atoms with van der Waals surface area (Å²) in [4.78, 5) is 21.8. The molecular formula is C25H28FN5O2. The molecule has 1 unspecified atom stereocenters. The fourth-order valence-corrected chi connectivity index (χ4v) is 4.74. The lowest BCUT2D eigenvalue weighted by Gasteiger charge is -2.48. The molecule has 1 fully saturated rings. The van der Waals surface area contributed by atoms with Crippen LogP contribution in [-0.2, 0) is 11.8 Å². The summed E-state index contributed by atoms with van der Waals surface area (Å²) in [5.41, 5.74) is 3.30. The minimum atomic E-state index is -0.261. The van der Waals surface area contributed by atoms with Gasteiger partial charge in [-0.15, -0.1) is 0 Å². The number of fused-ring (bicyclic) bond motifs is 1. The number of aromatic nitrogens is 2. The van der Waals surface area contributed by atoms with Gasteiger partial charge in [0.2, 0.25) is 0 Å². The van der Waals surface area contributed by atoms with E-state index >= 15 is 0 Å². The van der Waals surface area contributed by atoms with Gasteiger partial charge in [0.15, 0.2) is 0 Å². The number of aryl methyl sites for hydroxylation is 1. The van der Waals surface area contributed by atoms with E-state index in [1.807, 2.05) is 12.1 Å². The van der Waals surface area contributed by atoms with Crippen molar-refractivity contribution in [2.45, 2.75) is 32.0 Å². The van der Waals surface area contributed by atoms with Crippen molar-refractivity contribution in [1.82, 2.24) is 14.5 Å². The molecule has 7 nitrogen and oxygen atoms in total. The van der Waals surface area contributed by atoms with Crippen molar-refractivity contribution in [3.63, 3.8) is 0 Å². The summed E-state index contributed by atoms with van der Waals surface area (Å²) in [6.07, 6.45) is 0. The Kier molecular flexibility index (Phi) is 6.45. The van der Waals surface area contributed by atoms with Gasteiger partial charge in [-0.25, -0.2) is 9.37 Å². The van der Waals surface area contributed by atoms with E-state index in [4.69, 9.17) is 4.74 Å². The number of rotatable bonds is 5. The second-order valence-corrected chi connectivity index (χ2v) is 8.67. The minimum Gasteiger partial charge on any atom is -0.383 e. The van der Waals surface area contributed by atoms with Gasteiger partial charge in [-0.2, -0.15) is 5.26 Å². The maximum Gasteiger partial charge on any atom is 0.252 e. The Morgan fingerprint density at radius 1 is 1.18 bits per heavy atom. The molecule has 0 radical (unpaired) electrons. The van der Waals surface area contributed by atoms with E-state index in [-0.39, 0.29) is 29.5 Å². The van der Waals surface area contributed by atoms with E-state index in [1.165, 1.54) is 12.1 Å². The number of benzene rings is 1. The van der Waals surface area contributed by atoms with Crippen molar-refractivity contribution in [2.75, 3.05) is 31.7 Å². The molecule has 1 aliphatic heterocycles. The number of ether oxygens (including phenoxy) is 1. The maximum absolute atomic E-state index is 13.5. The van der Waals surface area contributed by atoms with Crippen LogP contribution in [0.3, 0.4) is 0 Å². The van der Waals surface area contributed by atoms with Crippen LogP contribution < -0.4 is 10.5 Å². The van der Waals surface area contributed by atoms with Gasteiger partial charge in [-0.05, 0) is 43.7 Å². The number of pyridine rings is 2. The van der Waals surface area contributed by atoms with Crippen LogP contribution in [0.4, 0.5) is 10.1 Å². The third-order valence-corrected chi connectivity index (χ3v) is 6.51. The standard InChI is InChI=1S/C25H28FN5O2/c1-16-14-31(23(15-33-4)18-5-7-19(26)8-6-18)17(2)13-30(16)22-11-24(32)29(3)21-10-9-20(12-27)28-25(21)22/h5-11,16-17,23H,13-15H2,1-4H3/t16-,17-,23?/m0/s1. The second kappa shape index (κ2) is 9.30. The molecule has 0 bridgehead atoms. The Morgan fingerprint density at radius 3 is 2.58 bits per heavy atom. The lowest BCUT2D eigenvalue weighted by Crippen LogP contribution is -2.58. The van der Waals surface area contributed by atoms with Crippen LogP contribution >= 0.6 is 0 Å². The lowest BCUT2D eigenvalue weighted by molar-refractivity contribution is 0.0488. The van der Waals surface area contributed by atoms with E-state index in [0.29, 0.717) is 29.9 Å². The summed E-state index contributed by atoms with van der Waals surface area (Å²) in [5, 5.41) is 9.35. The Labute approximate surface area is 192 Å². The van der Waals surface area contributed by atoms with Gasteiger partial charge in [-0.1, -0.05) is 12.1 Å². The van der Waals surface area contributed by atoms with Gasteiger partial charge in [-0.3, -0.25) is 9.69 Å². The first kappa shape index (κ1) is 22.9. The Hall–Kier alpha value is -3.28. The second-order valence-electron chi connectivity index (χ2n) is 8.67. The monoisotopic (exact) mass is 449 g/mol. The molecule has 0 amide bonds. The highest BCUT2D eigenvalue weighted by Gasteiger charge is 2.35. The molecule has 1 aromatic carbocycles. The molecule has 8 heteroatoms. The van der Waals surface area contributed by atoms with E-state index in [1.54, 1.807) is 36.9 Å². The van der Waals surface area contributed by atoms with E-state index in [2.05, 4.69) is 34.7 Å². The molecular weight excluding hydrogens is 421 g/mol. The first-order valence-corrected chi connectivity index (χ1v) is 11.0. The van der Waals surface area contributed by atoms with Crippen molar-refractivity contribution in [3.05, 3.63) is 69.9 Å². The van der Waals surface area contributed by atoms with E-state index < -0.39 is 0 Å². The molecule has 0 aliphatic carbocycles. The average Bonchev–Trinajstić information content (AvgIpc) is 2.81. The molecule has 3 aromatic rings. The van der Waals surface area contributed by atoms with Gasteiger partial charge >= 0.3 is 0 Å². The van der Waals surface area contributed by atoms with Crippen molar-refractivity contribution in [2.24, 2.45) is 7.05 Å². The summed E-state index contributed by atoms with van der Waals surface area (Å²) in [6, 6.07) is 13.9. The highest BCUT2D eigenvalue weighted by molar-refractivity contribution is 5.89. The molecule has 0 spiro atoms. The maximum atomic E-state index is 13.5. The SMILES string of the molecule is COCC(c1ccc(F)cc1)N1C[C@H](C)N(c2cc(=O)n(C)c3ccc(C#N)nc23)C[C@@H]1C. The van der Waals surface area contributed by atoms with Crippen LogP contribution in [0.1, 0.15) is 31.1 Å². The molecule has 0 saturated carbocycles. The van der Waals surface area contributed by atoms with Crippen molar-refractivity contribution >= 4 is 16.7 Å². The fraction of sp³-hybridized carbons (Fsp3) is 0.400. The number of piperazine rings is 1. The number of hydrogen-bond donors (Lipinski definition) is 0. The number of methoxy groups -OCH3 is 1. The average molecular weight is 450 g/mol. The highest BCUT2D eigenvalue weighted by Crippen LogP contribution is 2.32.